The van der Waals surface area contributed by atoms with Gasteiger partial charge in [-0.1, -0.05) is 38.2 Å². The van der Waals surface area contributed by atoms with Crippen LogP contribution in [0.3, 0.4) is 0 Å². The van der Waals surface area contributed by atoms with Crippen molar-refractivity contribution in [1.29, 1.82) is 0 Å². The molecule has 0 saturated carbocycles. The van der Waals surface area contributed by atoms with E-state index in [1.54, 1.807) is 63.0 Å². The first-order chi connectivity index (χ1) is 23.4. The van der Waals surface area contributed by atoms with E-state index in [1.165, 1.54) is 6.92 Å². The SMILES string of the molecule is CC[C@H](O)C(C)O[C@@H](C)CC(C)(O)/C=C/C=C(\C)[C@H]1OC(=O)C[C@H](O)CC[C@@](C)(OC(C)=O)[C@@H](OC(=O)N2CCN(CCN)CC2)/C=C/[C@@H]1C. The fourth-order valence-electron chi connectivity index (χ4n) is 6.39. The van der Waals surface area contributed by atoms with Gasteiger partial charge in [0.1, 0.15) is 11.7 Å². The molecule has 0 aromatic rings. The summed E-state index contributed by atoms with van der Waals surface area (Å²) in [4.78, 5) is 42.5. The number of ether oxygens (including phenoxy) is 4. The van der Waals surface area contributed by atoms with Crippen LogP contribution in [0.1, 0.15) is 87.5 Å². The van der Waals surface area contributed by atoms with E-state index in [2.05, 4.69) is 4.90 Å². The number of hydrogen-bond acceptors (Lipinski definition) is 12. The predicted octanol–water partition coefficient (Wildman–Crippen LogP) is 3.25. The largest absolute Gasteiger partial charge is 0.457 e. The highest BCUT2D eigenvalue weighted by atomic mass is 16.6. The molecule has 13 heteroatoms. The Morgan fingerprint density at radius 1 is 1.20 bits per heavy atom. The Morgan fingerprint density at radius 2 is 1.86 bits per heavy atom. The Labute approximate surface area is 298 Å². The van der Waals surface area contributed by atoms with E-state index in [0.29, 0.717) is 44.7 Å². The summed E-state index contributed by atoms with van der Waals surface area (Å²) in [5.41, 5.74) is 3.81. The molecule has 1 fully saturated rings. The van der Waals surface area contributed by atoms with Crippen LogP contribution < -0.4 is 5.73 Å². The molecule has 0 aromatic carbocycles. The third kappa shape index (κ3) is 14.4. The summed E-state index contributed by atoms with van der Waals surface area (Å²) in [5.74, 6) is -1.59. The zero-order valence-electron chi connectivity index (χ0n) is 31.4. The second-order valence-corrected chi connectivity index (χ2v) is 14.3. The molecule has 9 atom stereocenters. The van der Waals surface area contributed by atoms with Gasteiger partial charge < -0.3 is 44.9 Å². The highest BCUT2D eigenvalue weighted by Gasteiger charge is 2.41. The Bertz CT molecular complexity index is 1180. The molecule has 2 aliphatic rings. The standard InChI is InChI=1S/C37H63N3O10/c1-9-31(43)28(5)47-27(4)24-36(7,46)15-10-11-25(2)34-26(3)12-13-32(48-35(45)40-21-19-39(18-17-38)20-22-40)37(8,50-29(6)41)16-14-30(42)23-33(44)49-34/h10-13,15,26-28,30-32,34,42-43,46H,9,14,16-24,38H2,1-8H3/b13-12+,15-10+,25-11+/t26-,27-,28?,30+,31-,32-,34+,36?,37+/m0/s1. The van der Waals surface area contributed by atoms with Crippen LogP contribution in [0.5, 0.6) is 0 Å². The second-order valence-electron chi connectivity index (χ2n) is 14.3. The molecule has 50 heavy (non-hydrogen) atoms. The van der Waals surface area contributed by atoms with Crippen molar-refractivity contribution in [2.24, 2.45) is 11.7 Å². The Morgan fingerprint density at radius 3 is 2.46 bits per heavy atom. The zero-order valence-corrected chi connectivity index (χ0v) is 31.4. The van der Waals surface area contributed by atoms with Crippen LogP contribution in [0.15, 0.2) is 36.0 Å². The normalized spacial score (nSPS) is 29.9. The van der Waals surface area contributed by atoms with Crippen molar-refractivity contribution in [1.82, 2.24) is 9.80 Å². The summed E-state index contributed by atoms with van der Waals surface area (Å²) in [7, 11) is 0. The minimum atomic E-state index is -1.33. The summed E-state index contributed by atoms with van der Waals surface area (Å²) in [6, 6.07) is 0. The number of piperazine rings is 1. The number of nitrogens with zero attached hydrogens (tertiary/aromatic N) is 2. The van der Waals surface area contributed by atoms with Crippen molar-refractivity contribution in [2.75, 3.05) is 39.3 Å². The average Bonchev–Trinajstić information content (AvgIpc) is 3.03. The topological polar surface area (TPSA) is 181 Å². The molecule has 0 bridgehead atoms. The summed E-state index contributed by atoms with van der Waals surface area (Å²) >= 11 is 0. The fraction of sp³-hybridized carbons (Fsp3) is 0.757. The highest BCUT2D eigenvalue weighted by Crippen LogP contribution is 2.31. The lowest BCUT2D eigenvalue weighted by Crippen LogP contribution is -2.52. The van der Waals surface area contributed by atoms with Crippen molar-refractivity contribution in [3.05, 3.63) is 36.0 Å². The molecule has 2 unspecified atom stereocenters. The highest BCUT2D eigenvalue weighted by molar-refractivity contribution is 5.71. The summed E-state index contributed by atoms with van der Waals surface area (Å²) in [5, 5.41) is 31.9. The van der Waals surface area contributed by atoms with Crippen molar-refractivity contribution < 1.29 is 48.7 Å². The van der Waals surface area contributed by atoms with Crippen LogP contribution in [-0.4, -0.2) is 130 Å². The van der Waals surface area contributed by atoms with E-state index in [4.69, 9.17) is 24.7 Å². The smallest absolute Gasteiger partial charge is 0.410 e. The molecule has 5 N–H and O–H groups in total. The fourth-order valence-corrected chi connectivity index (χ4v) is 6.39. The maximum atomic E-state index is 13.4. The Hall–Kier alpha value is -2.81. The molecule has 2 aliphatic heterocycles. The van der Waals surface area contributed by atoms with Crippen LogP contribution in [-0.2, 0) is 28.5 Å². The quantitative estimate of drug-likeness (QED) is 0.0950. The monoisotopic (exact) mass is 709 g/mol. The van der Waals surface area contributed by atoms with Gasteiger partial charge in [0.05, 0.1) is 36.4 Å². The van der Waals surface area contributed by atoms with Gasteiger partial charge in [-0.05, 0) is 65.5 Å². The lowest BCUT2D eigenvalue weighted by molar-refractivity contribution is -0.168. The molecule has 286 valence electrons. The molecule has 0 radical (unpaired) electrons. The first-order valence-electron chi connectivity index (χ1n) is 17.9. The number of carbonyl (C=O) groups excluding carboxylic acids is 3. The first-order valence-corrected chi connectivity index (χ1v) is 17.9. The summed E-state index contributed by atoms with van der Waals surface area (Å²) in [6.07, 6.45) is 4.63. The minimum Gasteiger partial charge on any atom is -0.457 e. The molecule has 2 heterocycles. The molecule has 2 rings (SSSR count). The zero-order chi connectivity index (χ0) is 37.6. The number of allylic oxidation sites excluding steroid dienone is 2. The number of cyclic esters (lactones) is 1. The number of amides is 1. The predicted molar refractivity (Wildman–Crippen MR) is 190 cm³/mol. The number of rotatable bonds is 13. The third-order valence-electron chi connectivity index (χ3n) is 9.36. The molecule has 1 amide bonds. The second kappa shape index (κ2) is 20.3. The van der Waals surface area contributed by atoms with Gasteiger partial charge in [-0.25, -0.2) is 4.79 Å². The number of nitrogens with two attached hydrogens (primary N) is 1. The van der Waals surface area contributed by atoms with E-state index >= 15 is 0 Å². The number of aliphatic hydroxyl groups excluding tert-OH is 2. The molecule has 1 saturated heterocycles. The summed E-state index contributed by atoms with van der Waals surface area (Å²) in [6.45, 7) is 17.3. The van der Waals surface area contributed by atoms with E-state index in [-0.39, 0.29) is 37.9 Å². The van der Waals surface area contributed by atoms with Crippen LogP contribution in [0.2, 0.25) is 0 Å². The van der Waals surface area contributed by atoms with Gasteiger partial charge >= 0.3 is 18.0 Å². The van der Waals surface area contributed by atoms with Gasteiger partial charge in [-0.15, -0.1) is 0 Å². The van der Waals surface area contributed by atoms with Crippen molar-refractivity contribution >= 4 is 18.0 Å². The third-order valence-corrected chi connectivity index (χ3v) is 9.36. The summed E-state index contributed by atoms with van der Waals surface area (Å²) < 4.78 is 23.5. The molecular formula is C37H63N3O10. The van der Waals surface area contributed by atoms with Crippen LogP contribution in [0.25, 0.3) is 0 Å². The number of aliphatic hydroxyl groups is 3. The van der Waals surface area contributed by atoms with Gasteiger partial charge in [0.25, 0.3) is 0 Å². The van der Waals surface area contributed by atoms with Crippen molar-refractivity contribution in [2.45, 2.75) is 135 Å². The lowest BCUT2D eigenvalue weighted by atomic mass is 9.88. The maximum absolute atomic E-state index is 13.4. The van der Waals surface area contributed by atoms with E-state index in [1.807, 2.05) is 20.8 Å². The van der Waals surface area contributed by atoms with Gasteiger partial charge in [-0.2, -0.15) is 0 Å². The van der Waals surface area contributed by atoms with Gasteiger partial charge in [-0.3, -0.25) is 14.5 Å². The Balaban J connectivity index is 2.33. The number of carbonyl (C=O) groups is 3. The number of esters is 2. The van der Waals surface area contributed by atoms with E-state index in [0.717, 1.165) is 6.54 Å². The van der Waals surface area contributed by atoms with Crippen molar-refractivity contribution in [3.63, 3.8) is 0 Å². The molecule has 0 aliphatic carbocycles. The molecule has 0 spiro atoms. The van der Waals surface area contributed by atoms with Gasteiger partial charge in [0, 0.05) is 58.5 Å². The average molecular weight is 710 g/mol. The molecule has 0 aromatic heterocycles. The van der Waals surface area contributed by atoms with E-state index in [9.17, 15) is 29.7 Å². The molecular weight excluding hydrogens is 646 g/mol. The van der Waals surface area contributed by atoms with Crippen LogP contribution in [0, 0.1) is 5.92 Å². The lowest BCUT2D eigenvalue weighted by Gasteiger charge is -2.38. The minimum absolute atomic E-state index is 0.0870. The van der Waals surface area contributed by atoms with Gasteiger partial charge in [0.15, 0.2) is 6.10 Å². The van der Waals surface area contributed by atoms with Crippen molar-refractivity contribution in [3.8, 4) is 0 Å². The Kier molecular flexibility index (Phi) is 17.6. The van der Waals surface area contributed by atoms with Crippen LogP contribution >= 0.6 is 0 Å². The first kappa shape index (κ1) is 43.4. The van der Waals surface area contributed by atoms with Crippen LogP contribution in [0.4, 0.5) is 4.79 Å². The number of hydrogen-bond donors (Lipinski definition) is 4. The maximum Gasteiger partial charge on any atom is 0.410 e. The molecule has 13 nitrogen and oxygen atoms in total. The van der Waals surface area contributed by atoms with E-state index < -0.39 is 59.6 Å². The van der Waals surface area contributed by atoms with Gasteiger partial charge in [0.2, 0.25) is 0 Å².